The van der Waals surface area contributed by atoms with Crippen LogP contribution in [0.2, 0.25) is 0 Å². The second-order valence-corrected chi connectivity index (χ2v) is 9.07. The van der Waals surface area contributed by atoms with Crippen molar-refractivity contribution in [2.75, 3.05) is 6.61 Å². The average molecular weight is 370 g/mol. The highest BCUT2D eigenvalue weighted by molar-refractivity contribution is 7.26. The number of alkyl halides is 1. The smallest absolute Gasteiger partial charge is 0.107 e. The number of ether oxygens (including phenoxy) is 1. The van der Waals surface area contributed by atoms with Crippen molar-refractivity contribution >= 4 is 42.5 Å². The van der Waals surface area contributed by atoms with Crippen LogP contribution >= 0.6 is 11.3 Å². The Morgan fingerprint density at radius 1 is 1.04 bits per heavy atom. The maximum atomic E-state index is 13.7. The van der Waals surface area contributed by atoms with Crippen LogP contribution in [0.5, 0.6) is 0 Å². The molecule has 0 spiro atoms. The molecule has 2 aromatic carbocycles. The Morgan fingerprint density at radius 2 is 1.81 bits per heavy atom. The lowest BCUT2D eigenvalue weighted by Gasteiger charge is -2.27. The quantitative estimate of drug-likeness (QED) is 0.405. The minimum absolute atomic E-state index is 0.392. The standard InChI is InChI=1S/C22H24FNOS/c1-21(2,23)11-12-25-22(3,4)14-9-10-15-17(13-14)24-19-16-7-5-6-8-18(16)26-20(15)19/h5-10,13,24H,11-12H2,1-4H3. The van der Waals surface area contributed by atoms with Crippen LogP contribution in [0.1, 0.15) is 39.7 Å². The molecule has 2 heterocycles. The van der Waals surface area contributed by atoms with Gasteiger partial charge in [0.25, 0.3) is 0 Å². The second kappa shape index (κ2) is 6.07. The Balaban J connectivity index is 1.69. The van der Waals surface area contributed by atoms with Crippen molar-refractivity contribution in [2.45, 2.75) is 45.4 Å². The number of hydrogen-bond acceptors (Lipinski definition) is 2. The fraction of sp³-hybridized carbons (Fsp3) is 0.364. The minimum Gasteiger partial charge on any atom is -0.371 e. The van der Waals surface area contributed by atoms with E-state index in [1.807, 2.05) is 25.2 Å². The van der Waals surface area contributed by atoms with Crippen molar-refractivity contribution in [1.29, 1.82) is 0 Å². The van der Waals surface area contributed by atoms with E-state index in [0.717, 1.165) is 11.1 Å². The van der Waals surface area contributed by atoms with Gasteiger partial charge in [-0.25, -0.2) is 4.39 Å². The number of aromatic nitrogens is 1. The Kier molecular flexibility index (Phi) is 4.08. The first-order valence-electron chi connectivity index (χ1n) is 9.01. The molecular formula is C22H24FNOS. The van der Waals surface area contributed by atoms with E-state index in [2.05, 4.69) is 47.4 Å². The maximum absolute atomic E-state index is 13.7. The molecule has 0 saturated heterocycles. The van der Waals surface area contributed by atoms with Gasteiger partial charge in [0.1, 0.15) is 5.67 Å². The van der Waals surface area contributed by atoms with Crippen molar-refractivity contribution in [2.24, 2.45) is 0 Å². The third-order valence-electron chi connectivity index (χ3n) is 4.97. The third kappa shape index (κ3) is 3.12. The molecule has 0 bridgehead atoms. The zero-order valence-electron chi connectivity index (χ0n) is 15.7. The molecule has 0 saturated carbocycles. The fourth-order valence-electron chi connectivity index (χ4n) is 3.35. The van der Waals surface area contributed by atoms with Crippen LogP contribution in [0.15, 0.2) is 42.5 Å². The van der Waals surface area contributed by atoms with E-state index in [4.69, 9.17) is 4.74 Å². The molecule has 2 nitrogen and oxygen atoms in total. The molecule has 0 aliphatic rings. The molecule has 136 valence electrons. The van der Waals surface area contributed by atoms with E-state index in [0.29, 0.717) is 13.0 Å². The highest BCUT2D eigenvalue weighted by Gasteiger charge is 2.24. The van der Waals surface area contributed by atoms with E-state index >= 15 is 0 Å². The Bertz CT molecular complexity index is 1080. The summed E-state index contributed by atoms with van der Waals surface area (Å²) in [6, 6.07) is 14.9. The second-order valence-electron chi connectivity index (χ2n) is 8.02. The van der Waals surface area contributed by atoms with Gasteiger partial charge in [-0.3, -0.25) is 0 Å². The van der Waals surface area contributed by atoms with Gasteiger partial charge >= 0.3 is 0 Å². The van der Waals surface area contributed by atoms with Crippen LogP contribution in [0.3, 0.4) is 0 Å². The van der Waals surface area contributed by atoms with Crippen LogP contribution < -0.4 is 0 Å². The number of fused-ring (bicyclic) bond motifs is 5. The summed E-state index contributed by atoms with van der Waals surface area (Å²) in [4.78, 5) is 3.59. The number of benzene rings is 2. The van der Waals surface area contributed by atoms with Crippen molar-refractivity contribution in [3.8, 4) is 0 Å². The fourth-order valence-corrected chi connectivity index (χ4v) is 4.54. The highest BCUT2D eigenvalue weighted by Crippen LogP contribution is 2.39. The summed E-state index contributed by atoms with van der Waals surface area (Å²) in [6.45, 7) is 7.66. The number of halogens is 1. The molecule has 0 unspecified atom stereocenters. The van der Waals surface area contributed by atoms with Gasteiger partial charge in [-0.15, -0.1) is 11.3 Å². The lowest BCUT2D eigenvalue weighted by Crippen LogP contribution is -2.25. The number of aromatic amines is 1. The topological polar surface area (TPSA) is 25.0 Å². The molecule has 4 rings (SSSR count). The molecule has 0 aliphatic heterocycles. The molecule has 0 fully saturated rings. The summed E-state index contributed by atoms with van der Waals surface area (Å²) in [7, 11) is 0. The summed E-state index contributed by atoms with van der Waals surface area (Å²) in [5.74, 6) is 0. The summed E-state index contributed by atoms with van der Waals surface area (Å²) in [5.41, 5.74) is 1.76. The summed E-state index contributed by atoms with van der Waals surface area (Å²) in [6.07, 6.45) is 0.392. The van der Waals surface area contributed by atoms with E-state index < -0.39 is 11.3 Å². The van der Waals surface area contributed by atoms with E-state index in [1.165, 1.54) is 25.7 Å². The van der Waals surface area contributed by atoms with Crippen molar-refractivity contribution < 1.29 is 9.13 Å². The monoisotopic (exact) mass is 369 g/mol. The van der Waals surface area contributed by atoms with E-state index in [9.17, 15) is 4.39 Å². The molecule has 1 N–H and O–H groups in total. The maximum Gasteiger partial charge on any atom is 0.107 e. The Labute approximate surface area is 157 Å². The molecule has 4 heteroatoms. The van der Waals surface area contributed by atoms with Gasteiger partial charge < -0.3 is 9.72 Å². The van der Waals surface area contributed by atoms with Crippen molar-refractivity contribution in [3.63, 3.8) is 0 Å². The highest BCUT2D eigenvalue weighted by atomic mass is 32.1. The van der Waals surface area contributed by atoms with Crippen LogP contribution in [0, 0.1) is 0 Å². The first-order valence-corrected chi connectivity index (χ1v) is 9.83. The molecular weight excluding hydrogens is 345 g/mol. The van der Waals surface area contributed by atoms with E-state index in [-0.39, 0.29) is 0 Å². The summed E-state index contributed by atoms with van der Waals surface area (Å²) < 4.78 is 22.3. The number of thiophene rings is 1. The lowest BCUT2D eigenvalue weighted by molar-refractivity contribution is -0.0361. The van der Waals surface area contributed by atoms with Crippen molar-refractivity contribution in [1.82, 2.24) is 4.98 Å². The number of hydrogen-bond donors (Lipinski definition) is 1. The zero-order valence-corrected chi connectivity index (χ0v) is 16.5. The van der Waals surface area contributed by atoms with Crippen LogP contribution in [0.4, 0.5) is 4.39 Å². The van der Waals surface area contributed by atoms with Gasteiger partial charge in [-0.05, 0) is 45.4 Å². The Morgan fingerprint density at radius 3 is 2.58 bits per heavy atom. The van der Waals surface area contributed by atoms with Crippen molar-refractivity contribution in [3.05, 3.63) is 48.0 Å². The van der Waals surface area contributed by atoms with Crippen LogP contribution in [-0.4, -0.2) is 17.3 Å². The summed E-state index contributed by atoms with van der Waals surface area (Å²) >= 11 is 1.82. The number of H-pyrrole nitrogens is 1. The van der Waals surface area contributed by atoms with Crippen LogP contribution in [0.25, 0.3) is 31.2 Å². The minimum atomic E-state index is -1.20. The molecule has 0 aliphatic carbocycles. The van der Waals surface area contributed by atoms with Crippen LogP contribution in [-0.2, 0) is 10.3 Å². The molecule has 26 heavy (non-hydrogen) atoms. The zero-order chi connectivity index (χ0) is 18.5. The number of nitrogens with one attached hydrogen (secondary N) is 1. The largest absolute Gasteiger partial charge is 0.371 e. The van der Waals surface area contributed by atoms with Gasteiger partial charge in [0, 0.05) is 27.4 Å². The van der Waals surface area contributed by atoms with Gasteiger partial charge in [-0.2, -0.15) is 0 Å². The summed E-state index contributed by atoms with van der Waals surface area (Å²) in [5, 5.41) is 2.51. The average Bonchev–Trinajstić information content (AvgIpc) is 3.08. The first kappa shape index (κ1) is 17.5. The lowest BCUT2D eigenvalue weighted by atomic mass is 9.97. The molecule has 0 amide bonds. The SMILES string of the molecule is CC(C)(F)CCOC(C)(C)c1ccc2c(c1)[nH]c1c3ccccc3sc21. The predicted molar refractivity (Wildman–Crippen MR) is 110 cm³/mol. The predicted octanol–water partition coefficient (Wildman–Crippen LogP) is 6.93. The van der Waals surface area contributed by atoms with Gasteiger partial charge in [0.15, 0.2) is 0 Å². The van der Waals surface area contributed by atoms with Gasteiger partial charge in [-0.1, -0.05) is 30.3 Å². The normalized spacial score (nSPS) is 13.3. The first-order chi connectivity index (χ1) is 12.2. The molecule has 0 atom stereocenters. The number of rotatable bonds is 5. The van der Waals surface area contributed by atoms with Gasteiger partial charge in [0.05, 0.1) is 22.4 Å². The third-order valence-corrected chi connectivity index (χ3v) is 6.18. The molecule has 4 aromatic rings. The van der Waals surface area contributed by atoms with Gasteiger partial charge in [0.2, 0.25) is 0 Å². The Hall–Kier alpha value is -1.91. The molecule has 2 aromatic heterocycles. The molecule has 0 radical (unpaired) electrons. The van der Waals surface area contributed by atoms with E-state index in [1.54, 1.807) is 13.8 Å².